The Balaban J connectivity index is 2.46. The summed E-state index contributed by atoms with van der Waals surface area (Å²) in [4.78, 5) is 22.1. The van der Waals surface area contributed by atoms with Gasteiger partial charge in [0.1, 0.15) is 0 Å². The van der Waals surface area contributed by atoms with Gasteiger partial charge in [-0.05, 0) is 17.7 Å². The summed E-state index contributed by atoms with van der Waals surface area (Å²) in [5, 5.41) is 5.51. The Morgan fingerprint density at radius 1 is 1.24 bits per heavy atom. The number of rotatable bonds is 5. The average Bonchev–Trinajstić information content (AvgIpc) is 2.38. The molecule has 92 valence electrons. The molecule has 5 heteroatoms. The average molecular weight is 236 g/mol. The van der Waals surface area contributed by atoms with Gasteiger partial charge in [0.15, 0.2) is 0 Å². The smallest absolute Gasteiger partial charge is 0.337 e. The van der Waals surface area contributed by atoms with Crippen LogP contribution in [-0.2, 0) is 16.1 Å². The van der Waals surface area contributed by atoms with Crippen LogP contribution in [0.25, 0.3) is 0 Å². The van der Waals surface area contributed by atoms with Gasteiger partial charge in [0.25, 0.3) is 0 Å². The van der Waals surface area contributed by atoms with Crippen LogP contribution < -0.4 is 10.6 Å². The molecule has 0 aliphatic heterocycles. The van der Waals surface area contributed by atoms with Crippen LogP contribution in [0.1, 0.15) is 15.9 Å². The van der Waals surface area contributed by atoms with Crippen molar-refractivity contribution >= 4 is 11.9 Å². The van der Waals surface area contributed by atoms with Crippen LogP contribution in [0, 0.1) is 0 Å². The van der Waals surface area contributed by atoms with E-state index in [-0.39, 0.29) is 18.4 Å². The molecule has 0 saturated heterocycles. The van der Waals surface area contributed by atoms with Gasteiger partial charge in [0, 0.05) is 13.6 Å². The molecule has 1 aromatic carbocycles. The SMILES string of the molecule is CNC(=O)CNCc1ccc(C(=O)OC)cc1. The highest BCUT2D eigenvalue weighted by molar-refractivity contribution is 5.89. The molecule has 1 amide bonds. The molecule has 0 bridgehead atoms. The third-order valence-corrected chi connectivity index (χ3v) is 2.27. The van der Waals surface area contributed by atoms with Crippen LogP contribution in [0.15, 0.2) is 24.3 Å². The van der Waals surface area contributed by atoms with Gasteiger partial charge in [-0.25, -0.2) is 4.79 Å². The van der Waals surface area contributed by atoms with Gasteiger partial charge < -0.3 is 15.4 Å². The molecule has 0 atom stereocenters. The second-order valence-electron chi connectivity index (χ2n) is 3.47. The van der Waals surface area contributed by atoms with Crippen molar-refractivity contribution in [2.75, 3.05) is 20.7 Å². The largest absolute Gasteiger partial charge is 0.465 e. The zero-order chi connectivity index (χ0) is 12.7. The van der Waals surface area contributed by atoms with E-state index in [1.165, 1.54) is 7.11 Å². The van der Waals surface area contributed by atoms with Crippen molar-refractivity contribution in [3.63, 3.8) is 0 Å². The Morgan fingerprint density at radius 2 is 1.88 bits per heavy atom. The van der Waals surface area contributed by atoms with E-state index in [1.54, 1.807) is 19.2 Å². The highest BCUT2D eigenvalue weighted by Gasteiger charge is 2.04. The fraction of sp³-hybridized carbons (Fsp3) is 0.333. The number of methoxy groups -OCH3 is 1. The predicted octanol–water partition coefficient (Wildman–Crippen LogP) is 0.309. The van der Waals surface area contributed by atoms with Crippen LogP contribution in [-0.4, -0.2) is 32.6 Å². The molecular weight excluding hydrogens is 220 g/mol. The number of hydrogen-bond acceptors (Lipinski definition) is 4. The molecule has 1 aromatic rings. The minimum atomic E-state index is -0.352. The van der Waals surface area contributed by atoms with Crippen molar-refractivity contribution in [2.24, 2.45) is 0 Å². The number of amides is 1. The Hall–Kier alpha value is -1.88. The van der Waals surface area contributed by atoms with E-state index in [2.05, 4.69) is 15.4 Å². The van der Waals surface area contributed by atoms with E-state index < -0.39 is 0 Å². The molecule has 0 aromatic heterocycles. The molecule has 5 nitrogen and oxygen atoms in total. The summed E-state index contributed by atoms with van der Waals surface area (Å²) in [6.45, 7) is 0.851. The molecule has 0 unspecified atom stereocenters. The van der Waals surface area contributed by atoms with Gasteiger partial charge in [0.2, 0.25) is 5.91 Å². The maximum atomic E-state index is 11.2. The first-order chi connectivity index (χ1) is 8.17. The number of carbonyl (C=O) groups is 2. The van der Waals surface area contributed by atoms with Gasteiger partial charge in [-0.1, -0.05) is 12.1 Å². The van der Waals surface area contributed by atoms with Crippen molar-refractivity contribution in [3.05, 3.63) is 35.4 Å². The molecule has 0 aliphatic carbocycles. The topological polar surface area (TPSA) is 67.4 Å². The Bertz CT molecular complexity index is 387. The molecule has 0 heterocycles. The molecular formula is C12H16N2O3. The number of ether oxygens (including phenoxy) is 1. The van der Waals surface area contributed by atoms with Crippen molar-refractivity contribution in [1.29, 1.82) is 0 Å². The van der Waals surface area contributed by atoms with E-state index >= 15 is 0 Å². The monoisotopic (exact) mass is 236 g/mol. The number of hydrogen-bond donors (Lipinski definition) is 2. The van der Waals surface area contributed by atoms with Crippen molar-refractivity contribution in [2.45, 2.75) is 6.54 Å². The first-order valence-corrected chi connectivity index (χ1v) is 5.26. The molecule has 0 saturated carbocycles. The van der Waals surface area contributed by atoms with Crippen LogP contribution >= 0.6 is 0 Å². The number of esters is 1. The molecule has 0 radical (unpaired) electrons. The normalized spacial score (nSPS) is 9.76. The van der Waals surface area contributed by atoms with E-state index in [1.807, 2.05) is 12.1 Å². The Morgan fingerprint density at radius 3 is 2.41 bits per heavy atom. The summed E-state index contributed by atoms with van der Waals surface area (Å²) in [6, 6.07) is 7.04. The van der Waals surface area contributed by atoms with Crippen LogP contribution in [0.4, 0.5) is 0 Å². The Labute approximate surface area is 100 Å². The van der Waals surface area contributed by atoms with Crippen molar-refractivity contribution in [1.82, 2.24) is 10.6 Å². The highest BCUT2D eigenvalue weighted by atomic mass is 16.5. The highest BCUT2D eigenvalue weighted by Crippen LogP contribution is 2.05. The van der Waals surface area contributed by atoms with Gasteiger partial charge in [-0.3, -0.25) is 4.79 Å². The fourth-order valence-corrected chi connectivity index (χ4v) is 1.29. The number of benzene rings is 1. The van der Waals surface area contributed by atoms with Crippen LogP contribution in [0.5, 0.6) is 0 Å². The van der Waals surface area contributed by atoms with Gasteiger partial charge in [-0.15, -0.1) is 0 Å². The standard InChI is InChI=1S/C12H16N2O3/c1-13-11(15)8-14-7-9-3-5-10(6-4-9)12(16)17-2/h3-6,14H,7-8H2,1-2H3,(H,13,15). The third-order valence-electron chi connectivity index (χ3n) is 2.27. The molecule has 2 N–H and O–H groups in total. The third kappa shape index (κ3) is 4.24. The first-order valence-electron chi connectivity index (χ1n) is 5.26. The summed E-state index contributed by atoms with van der Waals surface area (Å²) in [7, 11) is 2.94. The van der Waals surface area contributed by atoms with Gasteiger partial charge >= 0.3 is 5.97 Å². The number of likely N-dealkylation sites (N-methyl/N-ethyl adjacent to an activating group) is 1. The molecule has 0 aliphatic rings. The number of nitrogens with one attached hydrogen (secondary N) is 2. The lowest BCUT2D eigenvalue weighted by Crippen LogP contribution is -2.30. The summed E-state index contributed by atoms with van der Waals surface area (Å²) in [6.07, 6.45) is 0. The molecule has 17 heavy (non-hydrogen) atoms. The predicted molar refractivity (Wildman–Crippen MR) is 63.6 cm³/mol. The molecule has 0 fully saturated rings. The van der Waals surface area contributed by atoms with Crippen LogP contribution in [0.3, 0.4) is 0 Å². The summed E-state index contributed by atoms with van der Waals surface area (Å²) >= 11 is 0. The molecule has 1 rings (SSSR count). The maximum Gasteiger partial charge on any atom is 0.337 e. The minimum absolute atomic E-state index is 0.0591. The van der Waals surface area contributed by atoms with E-state index in [4.69, 9.17) is 0 Å². The lowest BCUT2D eigenvalue weighted by atomic mass is 10.1. The van der Waals surface area contributed by atoms with E-state index in [9.17, 15) is 9.59 Å². The second-order valence-corrected chi connectivity index (χ2v) is 3.47. The van der Waals surface area contributed by atoms with Crippen molar-refractivity contribution < 1.29 is 14.3 Å². The lowest BCUT2D eigenvalue weighted by Gasteiger charge is -2.05. The number of carbonyl (C=O) groups excluding carboxylic acids is 2. The molecule has 0 spiro atoms. The van der Waals surface area contributed by atoms with Gasteiger partial charge in [0.05, 0.1) is 19.2 Å². The Kier molecular flexibility index (Phi) is 5.16. The minimum Gasteiger partial charge on any atom is -0.465 e. The summed E-state index contributed by atoms with van der Waals surface area (Å²) < 4.78 is 4.60. The van der Waals surface area contributed by atoms with Gasteiger partial charge in [-0.2, -0.15) is 0 Å². The summed E-state index contributed by atoms with van der Waals surface area (Å²) in [5.41, 5.74) is 1.52. The maximum absolute atomic E-state index is 11.2. The quantitative estimate of drug-likeness (QED) is 0.722. The zero-order valence-electron chi connectivity index (χ0n) is 9.95. The lowest BCUT2D eigenvalue weighted by molar-refractivity contribution is -0.119. The first kappa shape index (κ1) is 13.2. The second kappa shape index (κ2) is 6.65. The van der Waals surface area contributed by atoms with Crippen LogP contribution in [0.2, 0.25) is 0 Å². The fourth-order valence-electron chi connectivity index (χ4n) is 1.29. The van der Waals surface area contributed by atoms with E-state index in [0.29, 0.717) is 12.1 Å². The van der Waals surface area contributed by atoms with E-state index in [0.717, 1.165) is 5.56 Å². The summed E-state index contributed by atoms with van der Waals surface area (Å²) in [5.74, 6) is -0.411. The zero-order valence-corrected chi connectivity index (χ0v) is 9.95. The van der Waals surface area contributed by atoms with Crippen molar-refractivity contribution in [3.8, 4) is 0 Å².